The normalized spacial score (nSPS) is 11.5. The van der Waals surface area contributed by atoms with E-state index in [1.165, 1.54) is 33.3 Å². The van der Waals surface area contributed by atoms with Crippen LogP contribution >= 0.6 is 0 Å². The minimum Gasteiger partial charge on any atom is -0.455 e. The number of furan rings is 1. The van der Waals surface area contributed by atoms with Crippen LogP contribution in [-0.4, -0.2) is 0 Å². The predicted octanol–water partition coefficient (Wildman–Crippen LogP) is 7.21. The summed E-state index contributed by atoms with van der Waals surface area (Å²) in [4.78, 5) is 0. The zero-order chi connectivity index (χ0) is 20.9. The Morgan fingerprint density at radius 3 is 2.35 bits per heavy atom. The van der Waals surface area contributed by atoms with Crippen LogP contribution in [0.5, 0.6) is 0 Å². The largest absolute Gasteiger partial charge is 0.455 e. The Morgan fingerprint density at radius 2 is 1.48 bits per heavy atom. The summed E-state index contributed by atoms with van der Waals surface area (Å²) in [6, 6.07) is 32.2. The lowest BCUT2D eigenvalue weighted by Crippen LogP contribution is -2.30. The summed E-state index contributed by atoms with van der Waals surface area (Å²) in [5, 5.41) is 4.68. The Hall–Kier alpha value is -3.91. The predicted molar refractivity (Wildman–Crippen MR) is 128 cm³/mol. The summed E-state index contributed by atoms with van der Waals surface area (Å²) < 4.78 is 8.55. The van der Waals surface area contributed by atoms with E-state index >= 15 is 0 Å². The van der Waals surface area contributed by atoms with Gasteiger partial charge in [-0.3, -0.25) is 0 Å². The van der Waals surface area contributed by atoms with Gasteiger partial charge < -0.3 is 4.42 Å². The van der Waals surface area contributed by atoms with Gasteiger partial charge in [0.1, 0.15) is 18.2 Å². The first kappa shape index (κ1) is 17.9. The molecule has 0 aliphatic carbocycles. The molecule has 6 aromatic rings. The number of nitrogens with zero attached hydrogens (tertiary/aromatic N) is 1. The fourth-order valence-corrected chi connectivity index (χ4v) is 4.57. The minimum atomic E-state index is 0.939. The summed E-state index contributed by atoms with van der Waals surface area (Å²) in [6.07, 6.45) is 2.14. The van der Waals surface area contributed by atoms with Gasteiger partial charge in [0, 0.05) is 33.9 Å². The fraction of sp³-hybridized carbons (Fsp3) is 0.0690. The van der Waals surface area contributed by atoms with Crippen molar-refractivity contribution in [3.63, 3.8) is 0 Å². The molecule has 0 bridgehead atoms. The number of rotatable bonds is 2. The second-order valence-electron chi connectivity index (χ2n) is 8.21. The standard InChI is InChI=1S/C29H22NO/c1-19-16-28-26(24-13-12-21-10-6-7-11-23(21)29(24)31-28)18-25(19)27-17-22(14-15-30(27)2)20-8-4-3-5-9-20/h3-18H,1-2H3/q+1. The molecule has 0 aliphatic heterocycles. The zero-order valence-corrected chi connectivity index (χ0v) is 17.6. The third kappa shape index (κ3) is 2.83. The molecule has 0 aliphatic rings. The lowest BCUT2D eigenvalue weighted by molar-refractivity contribution is -0.660. The van der Waals surface area contributed by atoms with Gasteiger partial charge in [-0.1, -0.05) is 60.7 Å². The van der Waals surface area contributed by atoms with Crippen LogP contribution in [0.4, 0.5) is 0 Å². The molecule has 0 fully saturated rings. The summed E-state index contributed by atoms with van der Waals surface area (Å²) in [5.41, 5.74) is 7.97. The van der Waals surface area contributed by atoms with Crippen molar-refractivity contribution in [2.45, 2.75) is 6.92 Å². The molecule has 0 atom stereocenters. The SMILES string of the molecule is Cc1cc2oc3c4ccccc4ccc3c2cc1-c1cc(-c2ccccc2)cc[n+]1C. The first-order valence-electron chi connectivity index (χ1n) is 10.6. The minimum absolute atomic E-state index is 0.939. The molecule has 2 heterocycles. The number of aromatic nitrogens is 1. The Kier molecular flexibility index (Phi) is 3.94. The maximum atomic E-state index is 6.35. The van der Waals surface area contributed by atoms with Crippen molar-refractivity contribution in [2.75, 3.05) is 0 Å². The van der Waals surface area contributed by atoms with Crippen LogP contribution in [0, 0.1) is 6.92 Å². The van der Waals surface area contributed by atoms with Crippen molar-refractivity contribution in [2.24, 2.45) is 7.05 Å². The van der Waals surface area contributed by atoms with Gasteiger partial charge in [0.05, 0.1) is 0 Å². The Labute approximate surface area is 181 Å². The lowest BCUT2D eigenvalue weighted by atomic mass is 9.98. The number of benzene rings is 4. The monoisotopic (exact) mass is 400 g/mol. The van der Waals surface area contributed by atoms with E-state index in [4.69, 9.17) is 4.42 Å². The number of hydrogen-bond acceptors (Lipinski definition) is 1. The van der Waals surface area contributed by atoms with Gasteiger partial charge in [-0.05, 0) is 47.2 Å². The molecule has 2 heteroatoms. The van der Waals surface area contributed by atoms with E-state index in [-0.39, 0.29) is 0 Å². The molecule has 6 rings (SSSR count). The van der Waals surface area contributed by atoms with Gasteiger partial charge in [-0.25, -0.2) is 4.57 Å². The van der Waals surface area contributed by atoms with Crippen molar-refractivity contribution >= 4 is 32.7 Å². The van der Waals surface area contributed by atoms with Crippen molar-refractivity contribution < 1.29 is 8.98 Å². The van der Waals surface area contributed by atoms with Gasteiger partial charge in [-0.2, -0.15) is 0 Å². The Balaban J connectivity index is 1.61. The number of hydrogen-bond donors (Lipinski definition) is 0. The average molecular weight is 401 g/mol. The quantitative estimate of drug-likeness (QED) is 0.281. The van der Waals surface area contributed by atoms with Gasteiger partial charge in [0.2, 0.25) is 5.69 Å². The van der Waals surface area contributed by atoms with E-state index in [2.05, 4.69) is 116 Å². The summed E-state index contributed by atoms with van der Waals surface area (Å²) >= 11 is 0. The first-order valence-corrected chi connectivity index (χ1v) is 10.6. The topological polar surface area (TPSA) is 17.0 Å². The first-order chi connectivity index (χ1) is 15.2. The van der Waals surface area contributed by atoms with Crippen LogP contribution in [-0.2, 0) is 7.05 Å². The third-order valence-electron chi connectivity index (χ3n) is 6.24. The molecule has 2 nitrogen and oxygen atoms in total. The van der Waals surface area contributed by atoms with E-state index in [0.29, 0.717) is 0 Å². The molecular formula is C29H22NO+. The molecule has 0 radical (unpaired) electrons. The summed E-state index contributed by atoms with van der Waals surface area (Å²) in [6.45, 7) is 2.16. The van der Waals surface area contributed by atoms with E-state index < -0.39 is 0 Å². The maximum Gasteiger partial charge on any atom is 0.213 e. The number of aryl methyl sites for hydroxylation is 2. The van der Waals surface area contributed by atoms with E-state index in [9.17, 15) is 0 Å². The van der Waals surface area contributed by atoms with Gasteiger partial charge in [-0.15, -0.1) is 0 Å². The van der Waals surface area contributed by atoms with Crippen LogP contribution in [0.25, 0.3) is 55.1 Å². The Bertz CT molecular complexity index is 1590. The zero-order valence-electron chi connectivity index (χ0n) is 17.6. The molecule has 148 valence electrons. The molecule has 0 unspecified atom stereocenters. The van der Waals surface area contributed by atoms with E-state index in [1.54, 1.807) is 0 Å². The molecule has 0 amide bonds. The third-order valence-corrected chi connectivity index (χ3v) is 6.24. The molecule has 0 spiro atoms. The fourth-order valence-electron chi connectivity index (χ4n) is 4.57. The van der Waals surface area contributed by atoms with Gasteiger partial charge >= 0.3 is 0 Å². The molecule has 0 saturated carbocycles. The van der Waals surface area contributed by atoms with Crippen molar-refractivity contribution in [1.29, 1.82) is 0 Å². The highest BCUT2D eigenvalue weighted by Crippen LogP contribution is 2.37. The van der Waals surface area contributed by atoms with Crippen LogP contribution in [0.2, 0.25) is 0 Å². The Morgan fingerprint density at radius 1 is 0.677 bits per heavy atom. The number of pyridine rings is 1. The number of fused-ring (bicyclic) bond motifs is 5. The lowest BCUT2D eigenvalue weighted by Gasteiger charge is -2.07. The molecule has 2 aromatic heterocycles. The van der Waals surface area contributed by atoms with Crippen LogP contribution in [0.1, 0.15) is 5.56 Å². The van der Waals surface area contributed by atoms with Crippen molar-refractivity contribution in [1.82, 2.24) is 0 Å². The molecular weight excluding hydrogens is 378 g/mol. The highest BCUT2D eigenvalue weighted by atomic mass is 16.3. The molecule has 0 N–H and O–H groups in total. The second kappa shape index (κ2) is 6.82. The molecule has 0 saturated heterocycles. The van der Waals surface area contributed by atoms with Crippen LogP contribution in [0.3, 0.4) is 0 Å². The second-order valence-corrected chi connectivity index (χ2v) is 8.21. The summed E-state index contributed by atoms with van der Waals surface area (Å²) in [7, 11) is 2.11. The highest BCUT2D eigenvalue weighted by molar-refractivity contribution is 6.15. The van der Waals surface area contributed by atoms with E-state index in [0.717, 1.165) is 27.3 Å². The van der Waals surface area contributed by atoms with Crippen molar-refractivity contribution in [3.8, 4) is 22.4 Å². The van der Waals surface area contributed by atoms with Crippen LogP contribution < -0.4 is 4.57 Å². The average Bonchev–Trinajstić information content (AvgIpc) is 3.17. The van der Waals surface area contributed by atoms with Gasteiger partial charge in [0.15, 0.2) is 6.20 Å². The van der Waals surface area contributed by atoms with E-state index in [1.807, 2.05) is 0 Å². The van der Waals surface area contributed by atoms with Gasteiger partial charge in [0.25, 0.3) is 0 Å². The van der Waals surface area contributed by atoms with Crippen LogP contribution in [0.15, 0.2) is 102 Å². The highest BCUT2D eigenvalue weighted by Gasteiger charge is 2.18. The maximum absolute atomic E-state index is 6.35. The smallest absolute Gasteiger partial charge is 0.213 e. The summed E-state index contributed by atoms with van der Waals surface area (Å²) in [5.74, 6) is 0. The van der Waals surface area contributed by atoms with Crippen molar-refractivity contribution in [3.05, 3.63) is 103 Å². The molecule has 31 heavy (non-hydrogen) atoms. The molecule has 4 aromatic carbocycles.